The van der Waals surface area contributed by atoms with Crippen molar-refractivity contribution >= 4 is 11.9 Å². The van der Waals surface area contributed by atoms with Gasteiger partial charge in [0.05, 0.1) is 18.9 Å². The van der Waals surface area contributed by atoms with Crippen LogP contribution in [0.5, 0.6) is 0 Å². The summed E-state index contributed by atoms with van der Waals surface area (Å²) in [6.45, 7) is 3.07. The van der Waals surface area contributed by atoms with E-state index in [-0.39, 0.29) is 34.9 Å². The summed E-state index contributed by atoms with van der Waals surface area (Å²) < 4.78 is 5.49. The van der Waals surface area contributed by atoms with E-state index in [0.29, 0.717) is 13.2 Å². The van der Waals surface area contributed by atoms with Gasteiger partial charge in [-0.15, -0.1) is 0 Å². The first-order chi connectivity index (χ1) is 13.1. The molecule has 8 nitrogen and oxygen atoms in total. The number of anilines is 1. The van der Waals surface area contributed by atoms with Gasteiger partial charge in [0.1, 0.15) is 5.54 Å². The summed E-state index contributed by atoms with van der Waals surface area (Å²) in [5.41, 5.74) is 5.76. The minimum absolute atomic E-state index is 0.143. The summed E-state index contributed by atoms with van der Waals surface area (Å²) >= 11 is 0. The molecule has 1 saturated heterocycles. The van der Waals surface area contributed by atoms with Crippen molar-refractivity contribution in [2.45, 2.75) is 62.4 Å². The maximum Gasteiger partial charge on any atom is 0.252 e. The molecule has 27 heavy (non-hydrogen) atoms. The Kier molecular flexibility index (Phi) is 5.19. The minimum Gasteiger partial charge on any atom is -0.379 e. The molecule has 1 aromatic heterocycles. The van der Waals surface area contributed by atoms with Crippen LogP contribution < -0.4 is 16.6 Å². The Labute approximate surface area is 158 Å². The molecule has 0 bridgehead atoms. The molecule has 2 heterocycles. The van der Waals surface area contributed by atoms with Crippen molar-refractivity contribution in [1.82, 2.24) is 20.2 Å². The molecule has 2 aliphatic carbocycles. The predicted octanol–water partition coefficient (Wildman–Crippen LogP) is 0.749. The van der Waals surface area contributed by atoms with Gasteiger partial charge in [-0.2, -0.15) is 0 Å². The zero-order valence-electron chi connectivity index (χ0n) is 15.7. The molecular formula is C19H29N5O3. The van der Waals surface area contributed by atoms with Crippen molar-refractivity contribution in [3.05, 3.63) is 22.1 Å². The molecule has 1 aliphatic heterocycles. The SMILES string of the molecule is Nc1nc(C2CC(NC(=O)C3(N4CCOCC4)CCCCC3)C2)cc(=O)[nH]1. The predicted molar refractivity (Wildman–Crippen MR) is 101 cm³/mol. The summed E-state index contributed by atoms with van der Waals surface area (Å²) in [4.78, 5) is 33.9. The van der Waals surface area contributed by atoms with Gasteiger partial charge < -0.3 is 15.8 Å². The lowest BCUT2D eigenvalue weighted by molar-refractivity contribution is -0.141. The van der Waals surface area contributed by atoms with Gasteiger partial charge in [0.15, 0.2) is 0 Å². The highest BCUT2D eigenvalue weighted by atomic mass is 16.5. The van der Waals surface area contributed by atoms with E-state index in [4.69, 9.17) is 10.5 Å². The van der Waals surface area contributed by atoms with Crippen LogP contribution in [0.4, 0.5) is 5.95 Å². The number of H-pyrrole nitrogens is 1. The van der Waals surface area contributed by atoms with Crippen molar-refractivity contribution in [3.8, 4) is 0 Å². The van der Waals surface area contributed by atoms with Crippen molar-refractivity contribution in [1.29, 1.82) is 0 Å². The molecule has 0 unspecified atom stereocenters. The van der Waals surface area contributed by atoms with E-state index in [0.717, 1.165) is 57.3 Å². The number of nitrogens with zero attached hydrogens (tertiary/aromatic N) is 2. The monoisotopic (exact) mass is 375 g/mol. The highest BCUT2D eigenvalue weighted by Crippen LogP contribution is 2.38. The average Bonchev–Trinajstić information content (AvgIpc) is 2.64. The minimum atomic E-state index is -0.375. The Balaban J connectivity index is 1.39. The van der Waals surface area contributed by atoms with Crippen LogP contribution in [-0.2, 0) is 9.53 Å². The highest BCUT2D eigenvalue weighted by Gasteiger charge is 2.46. The second kappa shape index (κ2) is 7.59. The maximum absolute atomic E-state index is 13.3. The van der Waals surface area contributed by atoms with E-state index >= 15 is 0 Å². The molecule has 3 fully saturated rings. The van der Waals surface area contributed by atoms with Crippen molar-refractivity contribution in [2.24, 2.45) is 0 Å². The lowest BCUT2D eigenvalue weighted by Crippen LogP contribution is -2.64. The molecule has 3 aliphatic rings. The molecule has 4 N–H and O–H groups in total. The second-order valence-corrected chi connectivity index (χ2v) is 8.09. The first-order valence-electron chi connectivity index (χ1n) is 10.1. The molecule has 2 saturated carbocycles. The normalized spacial score (nSPS) is 28.3. The van der Waals surface area contributed by atoms with E-state index in [1.54, 1.807) is 0 Å². The van der Waals surface area contributed by atoms with E-state index in [2.05, 4.69) is 20.2 Å². The number of ether oxygens (including phenoxy) is 1. The average molecular weight is 375 g/mol. The molecule has 0 spiro atoms. The molecule has 0 atom stereocenters. The molecule has 4 rings (SSSR count). The quantitative estimate of drug-likeness (QED) is 0.716. The molecule has 0 radical (unpaired) electrons. The van der Waals surface area contributed by atoms with Gasteiger partial charge in [-0.05, 0) is 25.7 Å². The number of rotatable bonds is 4. The second-order valence-electron chi connectivity index (χ2n) is 8.09. The van der Waals surface area contributed by atoms with Gasteiger partial charge in [-0.3, -0.25) is 19.5 Å². The molecule has 0 aromatic carbocycles. The number of hydrogen-bond acceptors (Lipinski definition) is 6. The van der Waals surface area contributed by atoms with Gasteiger partial charge in [0.25, 0.3) is 5.56 Å². The van der Waals surface area contributed by atoms with E-state index in [9.17, 15) is 9.59 Å². The smallest absolute Gasteiger partial charge is 0.252 e. The summed E-state index contributed by atoms with van der Waals surface area (Å²) in [5.74, 6) is 0.509. The number of carbonyl (C=O) groups excluding carboxylic acids is 1. The Bertz CT molecular complexity index is 731. The van der Waals surface area contributed by atoms with Gasteiger partial charge in [-0.1, -0.05) is 19.3 Å². The molecular weight excluding hydrogens is 346 g/mol. The standard InChI is InChI=1S/C19H29N5O3/c20-18-22-15(12-16(25)23-18)13-10-14(11-13)21-17(26)19(4-2-1-3-5-19)24-6-8-27-9-7-24/h12-14H,1-11H2,(H,21,26)(H3,20,22,23,25). The lowest BCUT2D eigenvalue weighted by atomic mass is 9.75. The van der Waals surface area contributed by atoms with Gasteiger partial charge in [-0.25, -0.2) is 4.98 Å². The number of morpholine rings is 1. The third-order valence-electron chi connectivity index (χ3n) is 6.39. The summed E-state index contributed by atoms with van der Waals surface area (Å²) in [5, 5.41) is 3.29. The van der Waals surface area contributed by atoms with Crippen LogP contribution in [0.25, 0.3) is 0 Å². The third kappa shape index (κ3) is 3.73. The number of aromatic amines is 1. The van der Waals surface area contributed by atoms with Gasteiger partial charge >= 0.3 is 0 Å². The van der Waals surface area contributed by atoms with Crippen molar-refractivity contribution in [2.75, 3.05) is 32.0 Å². The maximum atomic E-state index is 13.3. The van der Waals surface area contributed by atoms with Crippen LogP contribution in [0.3, 0.4) is 0 Å². The summed E-state index contributed by atoms with van der Waals surface area (Å²) in [6.07, 6.45) is 6.90. The van der Waals surface area contributed by atoms with Gasteiger partial charge in [0, 0.05) is 31.1 Å². The fourth-order valence-electron chi connectivity index (χ4n) is 4.82. The number of carbonyl (C=O) groups is 1. The van der Waals surface area contributed by atoms with Crippen LogP contribution in [0.1, 0.15) is 56.6 Å². The lowest BCUT2D eigenvalue weighted by Gasteiger charge is -2.48. The zero-order chi connectivity index (χ0) is 18.9. The van der Waals surface area contributed by atoms with Crippen LogP contribution >= 0.6 is 0 Å². The van der Waals surface area contributed by atoms with E-state index < -0.39 is 0 Å². The number of aromatic nitrogens is 2. The number of nitrogens with two attached hydrogens (primary N) is 1. The van der Waals surface area contributed by atoms with E-state index in [1.807, 2.05) is 0 Å². The first-order valence-corrected chi connectivity index (χ1v) is 10.1. The molecule has 1 aromatic rings. The van der Waals surface area contributed by atoms with Gasteiger partial charge in [0.2, 0.25) is 11.9 Å². The van der Waals surface area contributed by atoms with Crippen LogP contribution in [0.2, 0.25) is 0 Å². The summed E-state index contributed by atoms with van der Waals surface area (Å²) in [6, 6.07) is 1.65. The number of amides is 1. The first kappa shape index (κ1) is 18.4. The highest BCUT2D eigenvalue weighted by molar-refractivity contribution is 5.87. The largest absolute Gasteiger partial charge is 0.379 e. The Hall–Kier alpha value is -1.93. The third-order valence-corrected chi connectivity index (χ3v) is 6.39. The number of nitrogen functional groups attached to an aromatic ring is 1. The topological polar surface area (TPSA) is 113 Å². The van der Waals surface area contributed by atoms with Crippen LogP contribution in [-0.4, -0.2) is 58.7 Å². The number of hydrogen-bond donors (Lipinski definition) is 3. The molecule has 148 valence electrons. The van der Waals surface area contributed by atoms with Crippen LogP contribution in [0.15, 0.2) is 10.9 Å². The Morgan fingerprint density at radius 2 is 1.96 bits per heavy atom. The van der Waals surface area contributed by atoms with Crippen molar-refractivity contribution in [3.63, 3.8) is 0 Å². The molecule has 1 amide bonds. The Morgan fingerprint density at radius 1 is 1.26 bits per heavy atom. The van der Waals surface area contributed by atoms with E-state index in [1.165, 1.54) is 12.5 Å². The number of nitrogens with one attached hydrogen (secondary N) is 2. The zero-order valence-corrected chi connectivity index (χ0v) is 15.7. The fraction of sp³-hybridized carbons (Fsp3) is 0.737. The van der Waals surface area contributed by atoms with Crippen LogP contribution in [0, 0.1) is 0 Å². The Morgan fingerprint density at radius 3 is 2.63 bits per heavy atom. The molecule has 8 heteroatoms. The summed E-state index contributed by atoms with van der Waals surface area (Å²) in [7, 11) is 0. The fourth-order valence-corrected chi connectivity index (χ4v) is 4.82. The van der Waals surface area contributed by atoms with Crippen molar-refractivity contribution < 1.29 is 9.53 Å².